The summed E-state index contributed by atoms with van der Waals surface area (Å²) >= 11 is 6.25. The first kappa shape index (κ1) is 19.0. The Hall–Kier alpha value is -2.79. The van der Waals surface area contributed by atoms with Crippen molar-refractivity contribution in [1.82, 2.24) is 4.98 Å². The number of pyridine rings is 1. The first-order valence-electron chi connectivity index (χ1n) is 8.80. The molecule has 2 aromatic carbocycles. The molecule has 3 aromatic rings. The Balaban J connectivity index is 2.20. The predicted octanol–water partition coefficient (Wildman–Crippen LogP) is 5.52. The molecule has 3 rings (SSSR count). The third-order valence-corrected chi connectivity index (χ3v) is 4.58. The van der Waals surface area contributed by atoms with Gasteiger partial charge in [0.25, 0.3) is 0 Å². The molecule has 1 N–H and O–H groups in total. The second kappa shape index (κ2) is 8.27. The van der Waals surface area contributed by atoms with Gasteiger partial charge in [-0.3, -0.25) is 4.98 Å². The summed E-state index contributed by atoms with van der Waals surface area (Å²) in [5.41, 5.74) is 3.42. The lowest BCUT2D eigenvalue weighted by Gasteiger charge is -2.16. The summed E-state index contributed by atoms with van der Waals surface area (Å²) in [6, 6.07) is 11.2. The maximum Gasteiger partial charge on any atom is 0.341 e. The van der Waals surface area contributed by atoms with E-state index in [0.29, 0.717) is 28.6 Å². The van der Waals surface area contributed by atoms with Crippen molar-refractivity contribution in [3.63, 3.8) is 0 Å². The number of benzene rings is 2. The quantitative estimate of drug-likeness (QED) is 0.567. The summed E-state index contributed by atoms with van der Waals surface area (Å²) in [6.07, 6.45) is 1.53. The fourth-order valence-electron chi connectivity index (χ4n) is 2.80. The maximum absolute atomic E-state index is 12.5. The van der Waals surface area contributed by atoms with Crippen LogP contribution in [0, 0.1) is 6.92 Å². The van der Waals surface area contributed by atoms with E-state index < -0.39 is 5.97 Å². The minimum atomic E-state index is -0.434. The number of hydrogen-bond donors (Lipinski definition) is 1. The van der Waals surface area contributed by atoms with Gasteiger partial charge < -0.3 is 14.8 Å². The van der Waals surface area contributed by atoms with Crippen LogP contribution in [0.25, 0.3) is 10.9 Å². The Morgan fingerprint density at radius 2 is 2.00 bits per heavy atom. The van der Waals surface area contributed by atoms with E-state index >= 15 is 0 Å². The second-order valence-electron chi connectivity index (χ2n) is 5.92. The van der Waals surface area contributed by atoms with Crippen molar-refractivity contribution in [3.8, 4) is 5.75 Å². The van der Waals surface area contributed by atoms with Crippen molar-refractivity contribution in [2.45, 2.75) is 20.8 Å². The molecule has 0 aliphatic carbocycles. The maximum atomic E-state index is 12.5. The lowest BCUT2D eigenvalue weighted by atomic mass is 10.1. The van der Waals surface area contributed by atoms with Crippen LogP contribution in [0.15, 0.2) is 42.6 Å². The number of fused-ring (bicyclic) bond motifs is 1. The molecule has 0 radical (unpaired) electrons. The van der Waals surface area contributed by atoms with Crippen LogP contribution in [-0.4, -0.2) is 24.2 Å². The minimum absolute atomic E-state index is 0.283. The molecule has 0 unspecified atom stereocenters. The van der Waals surface area contributed by atoms with Crippen LogP contribution < -0.4 is 10.1 Å². The van der Waals surface area contributed by atoms with Crippen LogP contribution in [0.4, 0.5) is 11.4 Å². The highest BCUT2D eigenvalue weighted by molar-refractivity contribution is 6.31. The minimum Gasteiger partial charge on any atom is -0.494 e. The molecule has 0 bridgehead atoms. The summed E-state index contributed by atoms with van der Waals surface area (Å²) in [7, 11) is 0. The first-order chi connectivity index (χ1) is 13.0. The molecule has 0 amide bonds. The highest BCUT2D eigenvalue weighted by atomic mass is 35.5. The van der Waals surface area contributed by atoms with E-state index in [1.54, 1.807) is 6.92 Å². The van der Waals surface area contributed by atoms with Gasteiger partial charge in [-0.2, -0.15) is 0 Å². The van der Waals surface area contributed by atoms with Crippen LogP contribution in [0.5, 0.6) is 5.75 Å². The SMILES string of the molecule is CCOC(=O)c1cnc2ccc(OCC)cc2c1Nc1cccc(Cl)c1C. The summed E-state index contributed by atoms with van der Waals surface area (Å²) in [6.45, 7) is 6.45. The number of esters is 1. The van der Waals surface area contributed by atoms with Crippen molar-refractivity contribution in [1.29, 1.82) is 0 Å². The van der Waals surface area contributed by atoms with Gasteiger partial charge in [0.15, 0.2) is 0 Å². The zero-order valence-electron chi connectivity index (χ0n) is 15.5. The standard InChI is InChI=1S/C21H21ClN2O3/c1-4-26-14-9-10-19-15(11-14)20(16(12-23-19)21(25)27-5-2)24-18-8-6-7-17(22)13(18)3/h6-12H,4-5H2,1-3H3,(H,23,24). The summed E-state index contributed by atoms with van der Waals surface area (Å²) < 4.78 is 10.8. The lowest BCUT2D eigenvalue weighted by Crippen LogP contribution is -2.09. The van der Waals surface area contributed by atoms with E-state index in [1.807, 2.05) is 50.2 Å². The van der Waals surface area contributed by atoms with E-state index in [-0.39, 0.29) is 6.61 Å². The molecule has 0 spiro atoms. The number of rotatable bonds is 6. The Kier molecular flexibility index (Phi) is 5.81. The smallest absolute Gasteiger partial charge is 0.341 e. The third-order valence-electron chi connectivity index (χ3n) is 4.17. The molecule has 5 nitrogen and oxygen atoms in total. The van der Waals surface area contributed by atoms with Crippen LogP contribution in [0.1, 0.15) is 29.8 Å². The fraction of sp³-hybridized carbons (Fsp3) is 0.238. The number of halogens is 1. The molecular formula is C21H21ClN2O3. The normalized spacial score (nSPS) is 10.7. The molecule has 0 saturated carbocycles. The third kappa shape index (κ3) is 3.98. The molecule has 0 saturated heterocycles. The zero-order valence-corrected chi connectivity index (χ0v) is 16.3. The van der Waals surface area contributed by atoms with E-state index in [1.165, 1.54) is 6.20 Å². The average Bonchev–Trinajstić information content (AvgIpc) is 2.66. The molecule has 1 heterocycles. The fourth-order valence-corrected chi connectivity index (χ4v) is 2.98. The number of hydrogen-bond acceptors (Lipinski definition) is 5. The molecule has 27 heavy (non-hydrogen) atoms. The summed E-state index contributed by atoms with van der Waals surface area (Å²) in [4.78, 5) is 16.9. The largest absolute Gasteiger partial charge is 0.494 e. The van der Waals surface area contributed by atoms with E-state index in [4.69, 9.17) is 21.1 Å². The van der Waals surface area contributed by atoms with Crippen molar-refractivity contribution >= 4 is 39.8 Å². The van der Waals surface area contributed by atoms with Gasteiger partial charge >= 0.3 is 5.97 Å². The van der Waals surface area contributed by atoms with Crippen molar-refractivity contribution in [2.75, 3.05) is 18.5 Å². The van der Waals surface area contributed by atoms with Crippen LogP contribution in [0.3, 0.4) is 0 Å². The number of nitrogens with one attached hydrogen (secondary N) is 1. The number of carbonyl (C=O) groups excluding carboxylic acids is 1. The van der Waals surface area contributed by atoms with Gasteiger partial charge in [-0.1, -0.05) is 17.7 Å². The van der Waals surface area contributed by atoms with Crippen molar-refractivity contribution < 1.29 is 14.3 Å². The lowest BCUT2D eigenvalue weighted by molar-refractivity contribution is 0.0527. The van der Waals surface area contributed by atoms with Gasteiger partial charge in [0.05, 0.1) is 24.4 Å². The summed E-state index contributed by atoms with van der Waals surface area (Å²) in [5, 5.41) is 4.77. The Morgan fingerprint density at radius 3 is 2.74 bits per heavy atom. The molecule has 0 aliphatic rings. The number of anilines is 2. The van der Waals surface area contributed by atoms with Crippen LogP contribution in [-0.2, 0) is 4.74 Å². The van der Waals surface area contributed by atoms with Gasteiger partial charge in [0.2, 0.25) is 0 Å². The van der Waals surface area contributed by atoms with Gasteiger partial charge in [-0.05, 0) is 56.7 Å². The van der Waals surface area contributed by atoms with E-state index in [2.05, 4.69) is 10.3 Å². The second-order valence-corrected chi connectivity index (χ2v) is 6.32. The molecule has 140 valence electrons. The number of carbonyl (C=O) groups is 1. The highest BCUT2D eigenvalue weighted by Gasteiger charge is 2.18. The Labute approximate surface area is 163 Å². The van der Waals surface area contributed by atoms with Crippen molar-refractivity contribution in [3.05, 3.63) is 58.7 Å². The van der Waals surface area contributed by atoms with Gasteiger partial charge in [0, 0.05) is 22.3 Å². The van der Waals surface area contributed by atoms with E-state index in [0.717, 1.165) is 22.2 Å². The molecule has 0 fully saturated rings. The van der Waals surface area contributed by atoms with Gasteiger partial charge in [-0.25, -0.2) is 4.79 Å². The first-order valence-corrected chi connectivity index (χ1v) is 9.17. The summed E-state index contributed by atoms with van der Waals surface area (Å²) in [5.74, 6) is 0.273. The highest BCUT2D eigenvalue weighted by Crippen LogP contribution is 2.34. The zero-order chi connectivity index (χ0) is 19.4. The Morgan fingerprint density at radius 1 is 1.19 bits per heavy atom. The molecule has 1 aromatic heterocycles. The van der Waals surface area contributed by atoms with Gasteiger partial charge in [-0.15, -0.1) is 0 Å². The molecular weight excluding hydrogens is 364 g/mol. The van der Waals surface area contributed by atoms with Crippen molar-refractivity contribution in [2.24, 2.45) is 0 Å². The van der Waals surface area contributed by atoms with Gasteiger partial charge in [0.1, 0.15) is 11.3 Å². The number of aromatic nitrogens is 1. The average molecular weight is 385 g/mol. The topological polar surface area (TPSA) is 60.5 Å². The Bertz CT molecular complexity index is 989. The molecule has 0 aliphatic heterocycles. The number of ether oxygens (including phenoxy) is 2. The van der Waals surface area contributed by atoms with E-state index in [9.17, 15) is 4.79 Å². The van der Waals surface area contributed by atoms with Crippen LogP contribution >= 0.6 is 11.6 Å². The molecule has 0 atom stereocenters. The monoisotopic (exact) mass is 384 g/mol. The molecule has 6 heteroatoms. The van der Waals surface area contributed by atoms with Crippen LogP contribution in [0.2, 0.25) is 5.02 Å². The number of nitrogens with zero attached hydrogens (tertiary/aromatic N) is 1. The predicted molar refractivity (Wildman–Crippen MR) is 108 cm³/mol.